The van der Waals surface area contributed by atoms with Gasteiger partial charge in [-0.25, -0.2) is 22.0 Å². The van der Waals surface area contributed by atoms with E-state index in [2.05, 4.69) is 47.9 Å². The van der Waals surface area contributed by atoms with E-state index < -0.39 is 19.1 Å². The molecule has 34 heavy (non-hydrogen) atoms. The molecule has 2 rings (SSSR count). The minimum absolute atomic E-state index is 0.0415. The van der Waals surface area contributed by atoms with Crippen LogP contribution in [-0.4, -0.2) is 64.3 Å². The van der Waals surface area contributed by atoms with Gasteiger partial charge in [-0.1, -0.05) is 74.5 Å². The summed E-state index contributed by atoms with van der Waals surface area (Å²) in [4.78, 5) is 4.41. The average Bonchev–Trinajstić information content (AvgIpc) is 2.78. The highest BCUT2D eigenvalue weighted by molar-refractivity contribution is 8.13. The van der Waals surface area contributed by atoms with Gasteiger partial charge in [0.1, 0.15) is 0 Å². The molecule has 0 heterocycles. The molecule has 0 unspecified atom stereocenters. The zero-order valence-electron chi connectivity index (χ0n) is 20.1. The summed E-state index contributed by atoms with van der Waals surface area (Å²) in [6.45, 7) is 9.13. The predicted octanol–water partition coefficient (Wildman–Crippen LogP) is 3.65. The molecule has 2 aromatic rings. The van der Waals surface area contributed by atoms with Crippen LogP contribution in [0, 0.1) is 0 Å². The lowest BCUT2D eigenvalue weighted by Crippen LogP contribution is -2.27. The number of benzene rings is 2. The fourth-order valence-corrected chi connectivity index (χ4v) is 4.66. The van der Waals surface area contributed by atoms with Crippen molar-refractivity contribution in [3.8, 4) is 0 Å². The first kappa shape index (κ1) is 30.5. The van der Waals surface area contributed by atoms with Crippen LogP contribution in [0.4, 0.5) is 0 Å². The molecular formula is C24H38ClN3O4S2. The van der Waals surface area contributed by atoms with Crippen molar-refractivity contribution < 1.29 is 16.8 Å². The molecule has 0 radical (unpaired) electrons. The third-order valence-corrected chi connectivity index (χ3v) is 7.26. The number of sulfonamides is 1. The number of hydrogen-bond donors (Lipinski definition) is 1. The molecule has 0 saturated carbocycles. The van der Waals surface area contributed by atoms with Gasteiger partial charge in [-0.15, -0.1) is 0 Å². The highest BCUT2D eigenvalue weighted by atomic mass is 35.7. The lowest BCUT2D eigenvalue weighted by atomic mass is 10.2. The summed E-state index contributed by atoms with van der Waals surface area (Å²) in [5, 5.41) is 4.97. The first-order valence-corrected chi connectivity index (χ1v) is 15.7. The molecule has 10 heteroatoms. The van der Waals surface area contributed by atoms with Gasteiger partial charge in [0, 0.05) is 23.8 Å². The van der Waals surface area contributed by atoms with Gasteiger partial charge in [0.25, 0.3) is 0 Å². The van der Waals surface area contributed by atoms with Crippen LogP contribution in [-0.2, 0) is 32.2 Å². The number of halogens is 1. The molecule has 0 bridgehead atoms. The second kappa shape index (κ2) is 16.2. The Labute approximate surface area is 210 Å². The van der Waals surface area contributed by atoms with Crippen molar-refractivity contribution in [1.82, 2.24) is 9.80 Å². The van der Waals surface area contributed by atoms with E-state index in [4.69, 9.17) is 15.8 Å². The zero-order valence-corrected chi connectivity index (χ0v) is 22.5. The van der Waals surface area contributed by atoms with Crippen molar-refractivity contribution in [2.75, 3.05) is 37.7 Å². The topological polar surface area (TPSA) is 101 Å². The van der Waals surface area contributed by atoms with Crippen molar-refractivity contribution in [2.24, 2.45) is 5.14 Å². The summed E-state index contributed by atoms with van der Waals surface area (Å²) in [5.74, 6) is 0.0954. The summed E-state index contributed by atoms with van der Waals surface area (Å²) < 4.78 is 43.2. The highest BCUT2D eigenvalue weighted by Gasteiger charge is 2.08. The van der Waals surface area contributed by atoms with Crippen LogP contribution in [0.1, 0.15) is 37.8 Å². The quantitative estimate of drug-likeness (QED) is 0.373. The van der Waals surface area contributed by atoms with Gasteiger partial charge in [0.05, 0.1) is 11.5 Å². The summed E-state index contributed by atoms with van der Waals surface area (Å²) in [6, 6.07) is 20.3. The lowest BCUT2D eigenvalue weighted by molar-refractivity contribution is 0.281. The maximum absolute atomic E-state index is 10.8. The minimum Gasteiger partial charge on any atom is -0.299 e. The van der Waals surface area contributed by atoms with Crippen molar-refractivity contribution in [3.05, 3.63) is 71.8 Å². The molecule has 0 spiro atoms. The maximum atomic E-state index is 10.8. The third kappa shape index (κ3) is 16.2. The van der Waals surface area contributed by atoms with Gasteiger partial charge in [-0.3, -0.25) is 9.80 Å². The lowest BCUT2D eigenvalue weighted by Gasteiger charge is -2.20. The molecule has 0 amide bonds. The van der Waals surface area contributed by atoms with Crippen LogP contribution in [0.3, 0.4) is 0 Å². The first-order valence-electron chi connectivity index (χ1n) is 11.5. The van der Waals surface area contributed by atoms with Gasteiger partial charge in [-0.05, 0) is 50.1 Å². The van der Waals surface area contributed by atoms with E-state index in [-0.39, 0.29) is 11.5 Å². The van der Waals surface area contributed by atoms with Crippen LogP contribution in [0.25, 0.3) is 0 Å². The summed E-state index contributed by atoms with van der Waals surface area (Å²) in [7, 11) is -1.51. The van der Waals surface area contributed by atoms with E-state index >= 15 is 0 Å². The molecule has 0 atom stereocenters. The summed E-state index contributed by atoms with van der Waals surface area (Å²) in [6.07, 6.45) is 1.16. The van der Waals surface area contributed by atoms with Crippen molar-refractivity contribution in [1.29, 1.82) is 0 Å². The van der Waals surface area contributed by atoms with Crippen molar-refractivity contribution >= 4 is 29.8 Å². The van der Waals surface area contributed by atoms with E-state index in [1.165, 1.54) is 11.1 Å². The number of primary sulfonamides is 1. The van der Waals surface area contributed by atoms with E-state index in [0.717, 1.165) is 39.3 Å². The molecule has 2 aromatic carbocycles. The van der Waals surface area contributed by atoms with Crippen LogP contribution in [0.5, 0.6) is 0 Å². The van der Waals surface area contributed by atoms with Gasteiger partial charge in [0.2, 0.25) is 19.1 Å². The summed E-state index contributed by atoms with van der Waals surface area (Å²) >= 11 is 0. The largest absolute Gasteiger partial charge is 0.299 e. The van der Waals surface area contributed by atoms with Gasteiger partial charge >= 0.3 is 0 Å². The second-order valence-corrected chi connectivity index (χ2v) is 12.7. The normalized spacial score (nSPS) is 11.9. The minimum atomic E-state index is -3.36. The Kier molecular flexibility index (Phi) is 14.6. The molecule has 0 fully saturated rings. The number of rotatable bonds is 14. The fourth-order valence-electron chi connectivity index (χ4n) is 3.33. The molecule has 0 aliphatic carbocycles. The number of nitrogens with two attached hydrogens (primary N) is 1. The van der Waals surface area contributed by atoms with E-state index in [9.17, 15) is 16.8 Å². The van der Waals surface area contributed by atoms with Crippen molar-refractivity contribution in [2.45, 2.75) is 39.8 Å². The zero-order chi connectivity index (χ0) is 25.5. The molecule has 192 valence electrons. The fraction of sp³-hybridized carbons (Fsp3) is 0.500. The number of hydrogen-bond acceptors (Lipinski definition) is 6. The van der Waals surface area contributed by atoms with Crippen LogP contribution in [0.15, 0.2) is 60.7 Å². The van der Waals surface area contributed by atoms with E-state index in [1.54, 1.807) is 0 Å². The average molecular weight is 532 g/mol. The first-order chi connectivity index (χ1) is 16.0. The second-order valence-electron chi connectivity index (χ2n) is 8.03. The Morgan fingerprint density at radius 2 is 1.09 bits per heavy atom. The smallest absolute Gasteiger partial charge is 0.232 e. The van der Waals surface area contributed by atoms with Crippen LogP contribution in [0.2, 0.25) is 0 Å². The Morgan fingerprint density at radius 3 is 1.41 bits per heavy atom. The molecule has 0 saturated heterocycles. The Hall–Kier alpha value is -1.49. The maximum Gasteiger partial charge on any atom is 0.232 e. The molecule has 0 aliphatic rings. The molecule has 7 nitrogen and oxygen atoms in total. The Balaban J connectivity index is 0.000000340. The van der Waals surface area contributed by atoms with E-state index in [1.807, 2.05) is 36.4 Å². The van der Waals surface area contributed by atoms with Crippen molar-refractivity contribution in [3.63, 3.8) is 0 Å². The Bertz CT molecular complexity index is 922. The third-order valence-electron chi connectivity index (χ3n) is 5.16. The van der Waals surface area contributed by atoms with Gasteiger partial charge in [-0.2, -0.15) is 0 Å². The molecule has 0 aromatic heterocycles. The molecule has 0 aliphatic heterocycles. The standard InChI is InChI=1S/C12H18ClNO2S.C12H20N2O2S/c2*1-2-14(9-6-10-17(13,15)16)11-12-7-4-3-5-8-12/h3-5,7-8H,2,6,9-11H2,1H3;3-5,7-8H,2,6,9-11H2,1H3,(H2,13,15,16). The SMILES string of the molecule is CCN(CCCS(=O)(=O)Cl)Cc1ccccc1.CCN(CCCS(N)(=O)=O)Cc1ccccc1. The predicted molar refractivity (Wildman–Crippen MR) is 142 cm³/mol. The Morgan fingerprint density at radius 1 is 0.706 bits per heavy atom. The molecular weight excluding hydrogens is 494 g/mol. The number of nitrogens with zero attached hydrogens (tertiary/aromatic N) is 2. The summed E-state index contributed by atoms with van der Waals surface area (Å²) in [5.41, 5.74) is 2.48. The van der Waals surface area contributed by atoms with Crippen LogP contribution < -0.4 is 5.14 Å². The van der Waals surface area contributed by atoms with E-state index in [0.29, 0.717) is 12.8 Å². The van der Waals surface area contributed by atoms with Gasteiger partial charge < -0.3 is 0 Å². The van der Waals surface area contributed by atoms with Crippen LogP contribution >= 0.6 is 10.7 Å². The highest BCUT2D eigenvalue weighted by Crippen LogP contribution is 2.07. The monoisotopic (exact) mass is 531 g/mol. The van der Waals surface area contributed by atoms with Gasteiger partial charge in [0.15, 0.2) is 0 Å². The molecule has 2 N–H and O–H groups in total.